The number of carbonyl (C=O) groups is 2. The summed E-state index contributed by atoms with van der Waals surface area (Å²) in [5.74, 6) is 0.713. The molecule has 2 amide bonds. The molecule has 2 aliphatic heterocycles. The Morgan fingerprint density at radius 3 is 2.53 bits per heavy atom. The van der Waals surface area contributed by atoms with Crippen LogP contribution >= 0.6 is 0 Å². The van der Waals surface area contributed by atoms with E-state index in [2.05, 4.69) is 5.10 Å². The molecule has 9 heteroatoms. The summed E-state index contributed by atoms with van der Waals surface area (Å²) >= 11 is 0. The first-order valence-corrected chi connectivity index (χ1v) is 12.3. The lowest BCUT2D eigenvalue weighted by Gasteiger charge is -2.35. The Morgan fingerprint density at radius 2 is 1.81 bits per heavy atom. The van der Waals surface area contributed by atoms with E-state index in [0.717, 1.165) is 24.2 Å². The minimum Gasteiger partial charge on any atom is -0.467 e. The van der Waals surface area contributed by atoms with E-state index in [4.69, 9.17) is 14.1 Å². The SMILES string of the molecule is O=C(c1cc(-c2ccccc2)nc2c1cnn2Cc1ccco1)N1CCN(C(=O)C2CCCO2)CC1. The predicted octanol–water partition coefficient (Wildman–Crippen LogP) is 3.20. The molecule has 184 valence electrons. The number of piperazine rings is 1. The number of hydrogen-bond donors (Lipinski definition) is 0. The maximum atomic E-state index is 13.8. The molecule has 1 unspecified atom stereocenters. The second kappa shape index (κ2) is 9.58. The average molecular weight is 486 g/mol. The summed E-state index contributed by atoms with van der Waals surface area (Å²) in [6.45, 7) is 3.01. The molecule has 1 atom stereocenters. The Balaban J connectivity index is 1.30. The molecule has 2 fully saturated rings. The monoisotopic (exact) mass is 485 g/mol. The van der Waals surface area contributed by atoms with Gasteiger partial charge in [-0.2, -0.15) is 5.10 Å². The molecule has 36 heavy (non-hydrogen) atoms. The zero-order valence-electron chi connectivity index (χ0n) is 19.9. The first kappa shape index (κ1) is 22.5. The van der Waals surface area contributed by atoms with Gasteiger partial charge in [0.05, 0.1) is 29.1 Å². The van der Waals surface area contributed by atoms with Gasteiger partial charge in [0, 0.05) is 38.3 Å². The average Bonchev–Trinajstić information content (AvgIpc) is 3.71. The van der Waals surface area contributed by atoms with Crippen LogP contribution in [0.5, 0.6) is 0 Å². The number of fused-ring (bicyclic) bond motifs is 1. The molecule has 0 saturated carbocycles. The van der Waals surface area contributed by atoms with Crippen molar-refractivity contribution in [3.05, 3.63) is 72.3 Å². The molecule has 0 spiro atoms. The molecular weight excluding hydrogens is 458 g/mol. The van der Waals surface area contributed by atoms with E-state index in [9.17, 15) is 9.59 Å². The summed E-state index contributed by atoms with van der Waals surface area (Å²) in [4.78, 5) is 35.0. The summed E-state index contributed by atoms with van der Waals surface area (Å²) in [5, 5.41) is 5.23. The maximum absolute atomic E-state index is 13.8. The van der Waals surface area contributed by atoms with Crippen LogP contribution in [0.2, 0.25) is 0 Å². The molecule has 2 aliphatic rings. The van der Waals surface area contributed by atoms with Crippen molar-refractivity contribution in [2.75, 3.05) is 32.8 Å². The van der Waals surface area contributed by atoms with Crippen LogP contribution in [0.3, 0.4) is 0 Å². The first-order chi connectivity index (χ1) is 17.7. The Bertz CT molecular complexity index is 1370. The van der Waals surface area contributed by atoms with Crippen LogP contribution in [-0.2, 0) is 16.1 Å². The molecule has 4 aromatic rings. The summed E-state index contributed by atoms with van der Waals surface area (Å²) in [5.41, 5.74) is 2.82. The molecular formula is C27H27N5O4. The van der Waals surface area contributed by atoms with Gasteiger partial charge >= 0.3 is 0 Å². The van der Waals surface area contributed by atoms with E-state index in [1.807, 2.05) is 58.3 Å². The van der Waals surface area contributed by atoms with E-state index >= 15 is 0 Å². The third-order valence-electron chi connectivity index (χ3n) is 6.88. The van der Waals surface area contributed by atoms with Crippen molar-refractivity contribution >= 4 is 22.8 Å². The number of nitrogens with zero attached hydrogens (tertiary/aromatic N) is 5. The van der Waals surface area contributed by atoms with Crippen LogP contribution in [0.25, 0.3) is 22.3 Å². The van der Waals surface area contributed by atoms with Gasteiger partial charge in [-0.15, -0.1) is 0 Å². The highest BCUT2D eigenvalue weighted by atomic mass is 16.5. The molecule has 0 radical (unpaired) electrons. The fraction of sp³-hybridized carbons (Fsp3) is 0.333. The Labute approximate surface area is 208 Å². The number of hydrogen-bond acceptors (Lipinski definition) is 6. The van der Waals surface area contributed by atoms with Crippen LogP contribution in [0.15, 0.2) is 65.4 Å². The molecule has 3 aromatic heterocycles. The Kier molecular flexibility index (Phi) is 5.98. The third-order valence-corrected chi connectivity index (χ3v) is 6.88. The van der Waals surface area contributed by atoms with Gasteiger partial charge in [0.25, 0.3) is 11.8 Å². The van der Waals surface area contributed by atoms with Gasteiger partial charge in [0.15, 0.2) is 5.65 Å². The maximum Gasteiger partial charge on any atom is 0.254 e. The van der Waals surface area contributed by atoms with Crippen LogP contribution < -0.4 is 0 Å². The van der Waals surface area contributed by atoms with Crippen molar-refractivity contribution in [1.82, 2.24) is 24.6 Å². The highest BCUT2D eigenvalue weighted by Crippen LogP contribution is 2.27. The third kappa shape index (κ3) is 4.26. The normalized spacial score (nSPS) is 18.2. The first-order valence-electron chi connectivity index (χ1n) is 12.3. The van der Waals surface area contributed by atoms with Crippen molar-refractivity contribution in [1.29, 1.82) is 0 Å². The van der Waals surface area contributed by atoms with Crippen molar-refractivity contribution in [3.8, 4) is 11.3 Å². The minimum atomic E-state index is -0.333. The fourth-order valence-electron chi connectivity index (χ4n) is 4.92. The number of rotatable bonds is 5. The molecule has 0 bridgehead atoms. The second-order valence-electron chi connectivity index (χ2n) is 9.16. The number of aromatic nitrogens is 3. The van der Waals surface area contributed by atoms with E-state index in [0.29, 0.717) is 61.6 Å². The smallest absolute Gasteiger partial charge is 0.254 e. The number of ether oxygens (including phenoxy) is 1. The topological polar surface area (TPSA) is 93.7 Å². The van der Waals surface area contributed by atoms with Gasteiger partial charge in [-0.3, -0.25) is 9.59 Å². The number of furan rings is 1. The molecule has 9 nitrogen and oxygen atoms in total. The van der Waals surface area contributed by atoms with Crippen molar-refractivity contribution < 1.29 is 18.7 Å². The lowest BCUT2D eigenvalue weighted by Crippen LogP contribution is -2.52. The van der Waals surface area contributed by atoms with E-state index in [-0.39, 0.29) is 17.9 Å². The highest BCUT2D eigenvalue weighted by Gasteiger charge is 2.32. The second-order valence-corrected chi connectivity index (χ2v) is 9.16. The number of benzene rings is 1. The lowest BCUT2D eigenvalue weighted by atomic mass is 10.1. The molecule has 2 saturated heterocycles. The summed E-state index contributed by atoms with van der Waals surface area (Å²) in [6, 6.07) is 15.4. The quantitative estimate of drug-likeness (QED) is 0.431. The summed E-state index contributed by atoms with van der Waals surface area (Å²) in [6.07, 6.45) is 4.69. The standard InChI is InChI=1S/C27H27N5O4/c33-26(30-10-12-31(13-11-30)27(34)24-9-5-15-36-24)21-16-23(19-6-2-1-3-7-19)29-25-22(21)17-28-32(25)18-20-8-4-14-35-20/h1-4,6-8,14,16-17,24H,5,9-13,15,18H2. The van der Waals surface area contributed by atoms with Gasteiger partial charge in [-0.25, -0.2) is 9.67 Å². The highest BCUT2D eigenvalue weighted by molar-refractivity contribution is 6.06. The van der Waals surface area contributed by atoms with Crippen molar-refractivity contribution in [2.45, 2.75) is 25.5 Å². The van der Waals surface area contributed by atoms with Crippen LogP contribution in [0.4, 0.5) is 0 Å². The van der Waals surface area contributed by atoms with Gasteiger partial charge in [-0.1, -0.05) is 30.3 Å². The van der Waals surface area contributed by atoms with Gasteiger partial charge in [-0.05, 0) is 31.0 Å². The lowest BCUT2D eigenvalue weighted by molar-refractivity contribution is -0.142. The number of amides is 2. The number of carbonyl (C=O) groups excluding carboxylic acids is 2. The van der Waals surface area contributed by atoms with Gasteiger partial charge in [0.2, 0.25) is 0 Å². The Hall–Kier alpha value is -3.98. The fourth-order valence-corrected chi connectivity index (χ4v) is 4.92. The van der Waals surface area contributed by atoms with Gasteiger partial charge in [0.1, 0.15) is 18.4 Å². The van der Waals surface area contributed by atoms with Crippen LogP contribution in [0.1, 0.15) is 29.0 Å². The van der Waals surface area contributed by atoms with E-state index in [1.54, 1.807) is 17.1 Å². The van der Waals surface area contributed by atoms with Gasteiger partial charge < -0.3 is 19.0 Å². The zero-order valence-corrected chi connectivity index (χ0v) is 19.9. The molecule has 6 rings (SSSR count). The molecule has 0 N–H and O–H groups in total. The number of pyridine rings is 1. The summed E-state index contributed by atoms with van der Waals surface area (Å²) in [7, 11) is 0. The van der Waals surface area contributed by atoms with Crippen LogP contribution in [0, 0.1) is 0 Å². The molecule has 5 heterocycles. The van der Waals surface area contributed by atoms with Crippen LogP contribution in [-0.4, -0.2) is 75.3 Å². The van der Waals surface area contributed by atoms with Crippen molar-refractivity contribution in [2.24, 2.45) is 0 Å². The van der Waals surface area contributed by atoms with E-state index in [1.165, 1.54) is 0 Å². The Morgan fingerprint density at radius 1 is 1.00 bits per heavy atom. The van der Waals surface area contributed by atoms with E-state index < -0.39 is 0 Å². The van der Waals surface area contributed by atoms with Crippen molar-refractivity contribution in [3.63, 3.8) is 0 Å². The largest absolute Gasteiger partial charge is 0.467 e. The minimum absolute atomic E-state index is 0.0384. The summed E-state index contributed by atoms with van der Waals surface area (Å²) < 4.78 is 12.8. The molecule has 1 aromatic carbocycles. The zero-order chi connectivity index (χ0) is 24.5. The predicted molar refractivity (Wildman–Crippen MR) is 132 cm³/mol. The molecule has 0 aliphatic carbocycles.